The number of hydrogen-bond acceptors (Lipinski definition) is 2. The highest BCUT2D eigenvalue weighted by Crippen LogP contribution is 2.35. The monoisotopic (exact) mass is 302 g/mol. The van der Waals surface area contributed by atoms with Crippen LogP contribution in [0.15, 0.2) is 30.3 Å². The topological polar surface area (TPSA) is 26.3 Å². The second-order valence-corrected chi connectivity index (χ2v) is 7.37. The van der Waals surface area contributed by atoms with Crippen molar-refractivity contribution in [3.63, 3.8) is 0 Å². The summed E-state index contributed by atoms with van der Waals surface area (Å²) in [7, 11) is 0. The first-order valence-corrected chi connectivity index (χ1v) is 8.71. The summed E-state index contributed by atoms with van der Waals surface area (Å²) in [5.41, 5.74) is 1.21. The molecule has 4 atom stereocenters. The van der Waals surface area contributed by atoms with Crippen LogP contribution in [0.1, 0.15) is 64.9 Å². The molecule has 122 valence electrons. The summed E-state index contributed by atoms with van der Waals surface area (Å²) in [5, 5.41) is 0. The molecule has 2 nitrogen and oxygen atoms in total. The molecule has 0 aliphatic heterocycles. The van der Waals surface area contributed by atoms with Crippen molar-refractivity contribution < 1.29 is 9.53 Å². The zero-order valence-electron chi connectivity index (χ0n) is 14.4. The molecule has 1 aromatic rings. The van der Waals surface area contributed by atoms with Crippen LogP contribution in [0, 0.1) is 17.8 Å². The van der Waals surface area contributed by atoms with Gasteiger partial charge in [0.2, 0.25) is 0 Å². The Hall–Kier alpha value is -1.31. The molecule has 0 N–H and O–H groups in total. The second kappa shape index (κ2) is 7.80. The third-order valence-electron chi connectivity index (χ3n) is 5.09. The van der Waals surface area contributed by atoms with Crippen LogP contribution in [0.5, 0.6) is 0 Å². The Balaban J connectivity index is 1.92. The maximum atomic E-state index is 12.3. The summed E-state index contributed by atoms with van der Waals surface area (Å²) >= 11 is 0. The molecule has 1 aliphatic rings. The largest absolute Gasteiger partial charge is 0.462 e. The third-order valence-corrected chi connectivity index (χ3v) is 5.09. The van der Waals surface area contributed by atoms with Crippen molar-refractivity contribution in [3.8, 4) is 0 Å². The summed E-state index contributed by atoms with van der Waals surface area (Å²) < 4.78 is 5.89. The van der Waals surface area contributed by atoms with E-state index in [4.69, 9.17) is 4.74 Å². The van der Waals surface area contributed by atoms with Crippen LogP contribution in [-0.2, 0) is 9.53 Å². The molecule has 2 heteroatoms. The van der Waals surface area contributed by atoms with Gasteiger partial charge in [-0.05, 0) is 42.1 Å². The molecule has 1 saturated carbocycles. The van der Waals surface area contributed by atoms with Gasteiger partial charge in [-0.15, -0.1) is 0 Å². The molecular formula is C20H30O2. The fraction of sp³-hybridized carbons (Fsp3) is 0.650. The Morgan fingerprint density at radius 2 is 1.86 bits per heavy atom. The van der Waals surface area contributed by atoms with Gasteiger partial charge in [0.05, 0.1) is 6.42 Å². The summed E-state index contributed by atoms with van der Waals surface area (Å²) in [6, 6.07) is 10.2. The SMILES string of the molecule is CC(C)[C@@H]1CC[C@H](C)C[C@H]1OC(=O)C[C@@H](C)c1ccccc1. The standard InChI is InChI=1S/C20H30O2/c1-14(2)18-11-10-15(3)12-19(18)22-20(21)13-16(4)17-8-6-5-7-9-17/h5-9,14-16,18-19H,10-13H2,1-4H3/t15-,16+,18-,19+/m0/s1. The maximum absolute atomic E-state index is 12.3. The lowest BCUT2D eigenvalue weighted by Gasteiger charge is -2.36. The van der Waals surface area contributed by atoms with E-state index in [-0.39, 0.29) is 18.0 Å². The smallest absolute Gasteiger partial charge is 0.306 e. The number of benzene rings is 1. The fourth-order valence-corrected chi connectivity index (χ4v) is 3.62. The Bertz CT molecular complexity index is 466. The van der Waals surface area contributed by atoms with Crippen LogP contribution in [0.2, 0.25) is 0 Å². The highest BCUT2D eigenvalue weighted by atomic mass is 16.5. The number of ether oxygens (including phenoxy) is 1. The Morgan fingerprint density at radius 1 is 1.18 bits per heavy atom. The van der Waals surface area contributed by atoms with E-state index in [9.17, 15) is 4.79 Å². The van der Waals surface area contributed by atoms with Crippen LogP contribution in [0.25, 0.3) is 0 Å². The highest BCUT2D eigenvalue weighted by molar-refractivity contribution is 5.70. The maximum Gasteiger partial charge on any atom is 0.306 e. The van der Waals surface area contributed by atoms with Crippen LogP contribution in [0.3, 0.4) is 0 Å². The predicted octanol–water partition coefficient (Wildman–Crippen LogP) is 5.18. The molecule has 1 aromatic carbocycles. The van der Waals surface area contributed by atoms with E-state index in [2.05, 4.69) is 39.8 Å². The van der Waals surface area contributed by atoms with E-state index in [0.29, 0.717) is 24.2 Å². The average molecular weight is 302 g/mol. The zero-order chi connectivity index (χ0) is 16.1. The minimum atomic E-state index is -0.0406. The van der Waals surface area contributed by atoms with E-state index < -0.39 is 0 Å². The van der Waals surface area contributed by atoms with Gasteiger partial charge in [-0.2, -0.15) is 0 Å². The van der Waals surface area contributed by atoms with Gasteiger partial charge in [-0.3, -0.25) is 4.79 Å². The van der Waals surface area contributed by atoms with E-state index in [1.165, 1.54) is 18.4 Å². The summed E-state index contributed by atoms with van der Waals surface area (Å²) in [6.07, 6.45) is 4.05. The quantitative estimate of drug-likeness (QED) is 0.700. The number of carbonyl (C=O) groups excluding carboxylic acids is 1. The molecule has 0 amide bonds. The first-order chi connectivity index (χ1) is 10.5. The van der Waals surface area contributed by atoms with Gasteiger partial charge in [0, 0.05) is 0 Å². The van der Waals surface area contributed by atoms with Crippen molar-refractivity contribution in [1.82, 2.24) is 0 Å². The molecule has 0 aromatic heterocycles. The second-order valence-electron chi connectivity index (χ2n) is 7.37. The van der Waals surface area contributed by atoms with Crippen molar-refractivity contribution in [2.45, 2.75) is 65.4 Å². The summed E-state index contributed by atoms with van der Waals surface area (Å²) in [4.78, 5) is 12.3. The van der Waals surface area contributed by atoms with Gasteiger partial charge in [0.1, 0.15) is 6.10 Å². The normalized spacial score (nSPS) is 26.7. The zero-order valence-corrected chi connectivity index (χ0v) is 14.4. The third kappa shape index (κ3) is 4.59. The lowest BCUT2D eigenvalue weighted by atomic mass is 9.75. The molecule has 2 rings (SSSR count). The molecule has 22 heavy (non-hydrogen) atoms. The Kier molecular flexibility index (Phi) is 6.05. The van der Waals surface area contributed by atoms with E-state index in [1.54, 1.807) is 0 Å². The van der Waals surface area contributed by atoms with Crippen LogP contribution < -0.4 is 0 Å². The van der Waals surface area contributed by atoms with Gasteiger partial charge in [-0.25, -0.2) is 0 Å². The number of esters is 1. The number of rotatable bonds is 5. The molecule has 0 heterocycles. The van der Waals surface area contributed by atoms with Gasteiger partial charge >= 0.3 is 5.97 Å². The highest BCUT2D eigenvalue weighted by Gasteiger charge is 2.33. The number of carbonyl (C=O) groups is 1. The van der Waals surface area contributed by atoms with Gasteiger partial charge in [0.15, 0.2) is 0 Å². The minimum Gasteiger partial charge on any atom is -0.462 e. The Labute approximate surface area is 135 Å². The first-order valence-electron chi connectivity index (χ1n) is 8.71. The van der Waals surface area contributed by atoms with Crippen molar-refractivity contribution in [2.75, 3.05) is 0 Å². The van der Waals surface area contributed by atoms with Gasteiger partial charge in [0.25, 0.3) is 0 Å². The lowest BCUT2D eigenvalue weighted by Crippen LogP contribution is -2.36. The average Bonchev–Trinajstić information content (AvgIpc) is 2.47. The number of hydrogen-bond donors (Lipinski definition) is 0. The Morgan fingerprint density at radius 3 is 2.50 bits per heavy atom. The molecule has 1 aliphatic carbocycles. The fourth-order valence-electron chi connectivity index (χ4n) is 3.62. The van der Waals surface area contributed by atoms with Crippen LogP contribution >= 0.6 is 0 Å². The van der Waals surface area contributed by atoms with Gasteiger partial charge in [-0.1, -0.05) is 64.4 Å². The molecule has 0 saturated heterocycles. The summed E-state index contributed by atoms with van der Waals surface area (Å²) in [5.74, 6) is 1.94. The summed E-state index contributed by atoms with van der Waals surface area (Å²) in [6.45, 7) is 8.85. The predicted molar refractivity (Wildman–Crippen MR) is 90.7 cm³/mol. The van der Waals surface area contributed by atoms with E-state index in [1.807, 2.05) is 18.2 Å². The molecular weight excluding hydrogens is 272 g/mol. The van der Waals surface area contributed by atoms with Crippen LogP contribution in [0.4, 0.5) is 0 Å². The molecule has 0 radical (unpaired) electrons. The van der Waals surface area contributed by atoms with Crippen molar-refractivity contribution >= 4 is 5.97 Å². The minimum absolute atomic E-state index is 0.0406. The van der Waals surface area contributed by atoms with Crippen molar-refractivity contribution in [2.24, 2.45) is 17.8 Å². The molecule has 0 spiro atoms. The van der Waals surface area contributed by atoms with Crippen molar-refractivity contribution in [1.29, 1.82) is 0 Å². The van der Waals surface area contributed by atoms with Crippen molar-refractivity contribution in [3.05, 3.63) is 35.9 Å². The van der Waals surface area contributed by atoms with E-state index in [0.717, 1.165) is 6.42 Å². The van der Waals surface area contributed by atoms with Crippen LogP contribution in [-0.4, -0.2) is 12.1 Å². The van der Waals surface area contributed by atoms with E-state index >= 15 is 0 Å². The molecule has 0 unspecified atom stereocenters. The molecule has 1 fully saturated rings. The first kappa shape index (κ1) is 17.1. The lowest BCUT2D eigenvalue weighted by molar-refractivity contribution is -0.156. The molecule has 0 bridgehead atoms. The van der Waals surface area contributed by atoms with Gasteiger partial charge < -0.3 is 4.74 Å².